The zero-order valence-electron chi connectivity index (χ0n) is 9.18. The molecule has 0 aliphatic rings. The lowest BCUT2D eigenvalue weighted by Crippen LogP contribution is -2.26. The van der Waals surface area contributed by atoms with E-state index >= 15 is 0 Å². The zero-order valence-corrected chi connectivity index (χ0v) is 9.18. The van der Waals surface area contributed by atoms with Crippen LogP contribution in [-0.2, 0) is 16.6 Å². The summed E-state index contributed by atoms with van der Waals surface area (Å²) in [6.45, 7) is 0. The van der Waals surface area contributed by atoms with E-state index in [9.17, 15) is 9.59 Å². The normalized spacial score (nSPS) is 10.4. The van der Waals surface area contributed by atoms with Gasteiger partial charge in [0.25, 0.3) is 5.91 Å². The quantitative estimate of drug-likeness (QED) is 0.561. The number of hydrogen-bond acceptors (Lipinski definition) is 2. The first-order valence-electron chi connectivity index (χ1n) is 4.92. The monoisotopic (exact) mass is 216 g/mol. The van der Waals surface area contributed by atoms with Gasteiger partial charge in [-0.3, -0.25) is 9.59 Å². The third-order valence-electron chi connectivity index (χ3n) is 2.67. The van der Waals surface area contributed by atoms with Gasteiger partial charge in [0.2, 0.25) is 6.29 Å². The van der Waals surface area contributed by atoms with Crippen molar-refractivity contribution in [3.8, 4) is 0 Å². The van der Waals surface area contributed by atoms with Crippen LogP contribution in [0.4, 0.5) is 5.69 Å². The summed E-state index contributed by atoms with van der Waals surface area (Å²) >= 11 is 0. The molecule has 0 radical (unpaired) electrons. The Hall–Kier alpha value is -2.10. The number of aromatic nitrogens is 1. The molecule has 0 bridgehead atoms. The molecule has 2 aromatic rings. The standard InChI is InChI=1S/C12H12N2O2/c1-13-7-11(14(2)12(16)8-15)9-5-3-4-6-10(9)13/h3-8H,1-2H3. The Kier molecular flexibility index (Phi) is 2.48. The molecule has 1 aromatic carbocycles. The van der Waals surface area contributed by atoms with Crippen LogP contribution in [-0.4, -0.2) is 23.8 Å². The van der Waals surface area contributed by atoms with Gasteiger partial charge in [0.1, 0.15) is 0 Å². The number of nitrogens with zero attached hydrogens (tertiary/aromatic N) is 2. The lowest BCUT2D eigenvalue weighted by atomic mass is 10.2. The highest BCUT2D eigenvalue weighted by Crippen LogP contribution is 2.27. The van der Waals surface area contributed by atoms with Gasteiger partial charge in [0.15, 0.2) is 0 Å². The number of anilines is 1. The summed E-state index contributed by atoms with van der Waals surface area (Å²) in [5, 5.41) is 0.961. The van der Waals surface area contributed by atoms with Gasteiger partial charge in [-0.1, -0.05) is 18.2 Å². The molecule has 0 spiro atoms. The van der Waals surface area contributed by atoms with Gasteiger partial charge in [-0.05, 0) is 6.07 Å². The Bertz CT molecular complexity index is 557. The third-order valence-corrected chi connectivity index (χ3v) is 2.67. The second-order valence-electron chi connectivity index (χ2n) is 3.66. The molecule has 0 unspecified atom stereocenters. The molecule has 1 heterocycles. The number of rotatable bonds is 2. The summed E-state index contributed by atoms with van der Waals surface area (Å²) in [4.78, 5) is 23.1. The van der Waals surface area contributed by atoms with Crippen molar-refractivity contribution < 1.29 is 9.59 Å². The molecule has 0 saturated heterocycles. The number of fused-ring (bicyclic) bond motifs is 1. The van der Waals surface area contributed by atoms with E-state index in [0.717, 1.165) is 16.6 Å². The zero-order chi connectivity index (χ0) is 11.7. The number of amides is 1. The van der Waals surface area contributed by atoms with Crippen molar-refractivity contribution in [1.29, 1.82) is 0 Å². The Morgan fingerprint density at radius 2 is 2.06 bits per heavy atom. The van der Waals surface area contributed by atoms with Crippen LogP contribution in [0.2, 0.25) is 0 Å². The summed E-state index contributed by atoms with van der Waals surface area (Å²) in [7, 11) is 3.50. The van der Waals surface area contributed by atoms with Gasteiger partial charge >= 0.3 is 0 Å². The average molecular weight is 216 g/mol. The van der Waals surface area contributed by atoms with Crippen LogP contribution in [0.25, 0.3) is 10.9 Å². The Morgan fingerprint density at radius 1 is 1.38 bits per heavy atom. The summed E-state index contributed by atoms with van der Waals surface area (Å²) in [5.74, 6) is -0.545. The van der Waals surface area contributed by atoms with Gasteiger partial charge in [0.05, 0.1) is 5.69 Å². The van der Waals surface area contributed by atoms with Crippen molar-refractivity contribution in [2.24, 2.45) is 7.05 Å². The average Bonchev–Trinajstić information content (AvgIpc) is 2.65. The fourth-order valence-electron chi connectivity index (χ4n) is 1.79. The number of benzene rings is 1. The summed E-state index contributed by atoms with van der Waals surface area (Å²) in [5.41, 5.74) is 1.78. The lowest BCUT2D eigenvalue weighted by Gasteiger charge is -2.12. The second kappa shape index (κ2) is 3.81. The third kappa shape index (κ3) is 1.48. The number of carbonyl (C=O) groups is 2. The van der Waals surface area contributed by atoms with Gasteiger partial charge in [-0.25, -0.2) is 0 Å². The molecule has 82 valence electrons. The van der Waals surface area contributed by atoms with Crippen LogP contribution in [0.3, 0.4) is 0 Å². The smallest absolute Gasteiger partial charge is 0.290 e. The maximum Gasteiger partial charge on any atom is 0.290 e. The van der Waals surface area contributed by atoms with Gasteiger partial charge < -0.3 is 9.47 Å². The highest BCUT2D eigenvalue weighted by molar-refractivity contribution is 6.31. The van der Waals surface area contributed by atoms with E-state index in [1.165, 1.54) is 4.90 Å². The summed E-state index contributed by atoms with van der Waals surface area (Å²) in [6.07, 6.45) is 2.16. The fourth-order valence-corrected chi connectivity index (χ4v) is 1.79. The van der Waals surface area contributed by atoms with Crippen LogP contribution in [0.1, 0.15) is 0 Å². The molecule has 0 aliphatic carbocycles. The molecule has 16 heavy (non-hydrogen) atoms. The minimum atomic E-state index is -0.545. The molecule has 1 aromatic heterocycles. The molecule has 2 rings (SSSR count). The summed E-state index contributed by atoms with van der Waals surface area (Å²) < 4.78 is 1.93. The van der Waals surface area contributed by atoms with E-state index in [2.05, 4.69) is 0 Å². The summed E-state index contributed by atoms with van der Waals surface area (Å²) in [6, 6.07) is 7.75. The number of aldehydes is 1. The van der Waals surface area contributed by atoms with Crippen LogP contribution >= 0.6 is 0 Å². The lowest BCUT2D eigenvalue weighted by molar-refractivity contribution is -0.129. The first-order valence-corrected chi connectivity index (χ1v) is 4.92. The Balaban J connectivity index is 2.61. The van der Waals surface area contributed by atoms with Crippen molar-refractivity contribution in [3.05, 3.63) is 30.5 Å². The number of aryl methyl sites for hydroxylation is 1. The first kappa shape index (κ1) is 10.4. The predicted molar refractivity (Wildman–Crippen MR) is 62.4 cm³/mol. The maximum atomic E-state index is 11.3. The van der Waals surface area contributed by atoms with E-state index in [4.69, 9.17) is 0 Å². The van der Waals surface area contributed by atoms with E-state index in [0.29, 0.717) is 6.29 Å². The molecule has 4 nitrogen and oxygen atoms in total. The van der Waals surface area contributed by atoms with Crippen molar-refractivity contribution in [2.75, 3.05) is 11.9 Å². The highest BCUT2D eigenvalue weighted by atomic mass is 16.2. The molecule has 0 atom stereocenters. The number of carbonyl (C=O) groups excluding carboxylic acids is 2. The van der Waals surface area contributed by atoms with E-state index < -0.39 is 5.91 Å². The van der Waals surface area contributed by atoms with Crippen molar-refractivity contribution in [3.63, 3.8) is 0 Å². The second-order valence-corrected chi connectivity index (χ2v) is 3.66. The number of para-hydroxylation sites is 1. The van der Waals surface area contributed by atoms with E-state index in [1.807, 2.05) is 42.1 Å². The van der Waals surface area contributed by atoms with Crippen LogP contribution in [0.5, 0.6) is 0 Å². The van der Waals surface area contributed by atoms with Gasteiger partial charge in [-0.2, -0.15) is 0 Å². The van der Waals surface area contributed by atoms with E-state index in [1.54, 1.807) is 7.05 Å². The minimum absolute atomic E-state index is 0.321. The number of hydrogen-bond donors (Lipinski definition) is 0. The molecule has 4 heteroatoms. The van der Waals surface area contributed by atoms with Crippen molar-refractivity contribution >= 4 is 28.8 Å². The van der Waals surface area contributed by atoms with Crippen molar-refractivity contribution in [2.45, 2.75) is 0 Å². The van der Waals surface area contributed by atoms with E-state index in [-0.39, 0.29) is 0 Å². The molecule has 0 aliphatic heterocycles. The minimum Gasteiger partial charge on any atom is -0.348 e. The first-order chi connectivity index (χ1) is 7.65. The topological polar surface area (TPSA) is 42.3 Å². The van der Waals surface area contributed by atoms with Gasteiger partial charge in [-0.15, -0.1) is 0 Å². The van der Waals surface area contributed by atoms with Crippen LogP contribution < -0.4 is 4.90 Å². The van der Waals surface area contributed by atoms with Crippen LogP contribution in [0.15, 0.2) is 30.5 Å². The molecular weight excluding hydrogens is 204 g/mol. The largest absolute Gasteiger partial charge is 0.348 e. The predicted octanol–water partition coefficient (Wildman–Crippen LogP) is 1.34. The Morgan fingerprint density at radius 3 is 2.75 bits per heavy atom. The molecule has 1 amide bonds. The SMILES string of the molecule is CN(C(=O)C=O)c1cn(C)c2ccccc12. The van der Waals surface area contributed by atoms with Crippen LogP contribution in [0, 0.1) is 0 Å². The molecule has 0 N–H and O–H groups in total. The van der Waals surface area contributed by atoms with Crippen molar-refractivity contribution in [1.82, 2.24) is 4.57 Å². The Labute approximate surface area is 93.1 Å². The molecule has 0 saturated carbocycles. The number of likely N-dealkylation sites (N-methyl/N-ethyl adjacent to an activating group) is 1. The molecule has 0 fully saturated rings. The molecular formula is C12H12N2O2. The highest BCUT2D eigenvalue weighted by Gasteiger charge is 2.14. The maximum absolute atomic E-state index is 11.3. The fraction of sp³-hybridized carbons (Fsp3) is 0.167. The van der Waals surface area contributed by atoms with Gasteiger partial charge in [0, 0.05) is 31.2 Å².